The van der Waals surface area contributed by atoms with Crippen molar-refractivity contribution in [3.63, 3.8) is 0 Å². The van der Waals surface area contributed by atoms with Crippen LogP contribution in [0, 0.1) is 11.3 Å². The van der Waals surface area contributed by atoms with E-state index >= 15 is 0 Å². The fourth-order valence-electron chi connectivity index (χ4n) is 1.93. The lowest BCUT2D eigenvalue weighted by molar-refractivity contribution is 0.0992. The van der Waals surface area contributed by atoms with Crippen molar-refractivity contribution in [3.8, 4) is 0 Å². The van der Waals surface area contributed by atoms with Gasteiger partial charge in [0.15, 0.2) is 0 Å². The Morgan fingerprint density at radius 3 is 2.64 bits per heavy atom. The molecule has 0 amide bonds. The lowest BCUT2D eigenvalue weighted by Crippen LogP contribution is -2.32. The standard InChI is InChI=1S/C13H22O/c1-5-12(3,4)11-7-9-13(14,6-2)10-8-11/h6-7,9,11,14H,2,5,8,10H2,1,3-4H3. The molecule has 0 saturated carbocycles. The molecule has 14 heavy (non-hydrogen) atoms. The first-order valence-corrected chi connectivity index (χ1v) is 5.49. The van der Waals surface area contributed by atoms with Gasteiger partial charge in [-0.15, -0.1) is 0 Å². The Bertz CT molecular complexity index is 240. The van der Waals surface area contributed by atoms with Gasteiger partial charge in [-0.1, -0.05) is 52.0 Å². The van der Waals surface area contributed by atoms with Gasteiger partial charge >= 0.3 is 0 Å². The molecular formula is C13H22O. The van der Waals surface area contributed by atoms with Gasteiger partial charge in [0, 0.05) is 0 Å². The van der Waals surface area contributed by atoms with E-state index in [-0.39, 0.29) is 0 Å². The van der Waals surface area contributed by atoms with Crippen LogP contribution in [0.4, 0.5) is 0 Å². The second-order valence-corrected chi connectivity index (χ2v) is 5.04. The number of rotatable bonds is 3. The molecule has 0 bridgehead atoms. The first-order valence-electron chi connectivity index (χ1n) is 5.49. The van der Waals surface area contributed by atoms with E-state index in [9.17, 15) is 5.11 Å². The highest BCUT2D eigenvalue weighted by Crippen LogP contribution is 2.39. The Kier molecular flexibility index (Phi) is 3.20. The van der Waals surface area contributed by atoms with Crippen LogP contribution in [0.1, 0.15) is 40.0 Å². The molecule has 1 aliphatic rings. The average molecular weight is 194 g/mol. The molecule has 1 heteroatoms. The molecule has 0 fully saturated rings. The normalized spacial score (nSPS) is 33.0. The highest BCUT2D eigenvalue weighted by Gasteiger charge is 2.32. The van der Waals surface area contributed by atoms with Gasteiger partial charge in [-0.05, 0) is 24.2 Å². The van der Waals surface area contributed by atoms with E-state index in [2.05, 4.69) is 33.4 Å². The zero-order chi connectivity index (χ0) is 10.8. The van der Waals surface area contributed by atoms with E-state index in [4.69, 9.17) is 0 Å². The van der Waals surface area contributed by atoms with Crippen molar-refractivity contribution in [1.29, 1.82) is 0 Å². The summed E-state index contributed by atoms with van der Waals surface area (Å²) in [6.45, 7) is 10.5. The van der Waals surface area contributed by atoms with Gasteiger partial charge in [0.05, 0.1) is 0 Å². The monoisotopic (exact) mass is 194 g/mol. The zero-order valence-corrected chi connectivity index (χ0v) is 9.59. The van der Waals surface area contributed by atoms with Gasteiger partial charge < -0.3 is 5.11 Å². The Morgan fingerprint density at radius 1 is 1.64 bits per heavy atom. The third-order valence-electron chi connectivity index (χ3n) is 3.74. The number of hydrogen-bond acceptors (Lipinski definition) is 1. The van der Waals surface area contributed by atoms with Gasteiger partial charge in [0.2, 0.25) is 0 Å². The topological polar surface area (TPSA) is 20.2 Å². The Balaban J connectivity index is 2.74. The minimum absolute atomic E-state index is 0.346. The predicted molar refractivity (Wildman–Crippen MR) is 61.1 cm³/mol. The largest absolute Gasteiger partial charge is 0.382 e. The average Bonchev–Trinajstić information content (AvgIpc) is 2.19. The minimum Gasteiger partial charge on any atom is -0.382 e. The molecule has 1 N–H and O–H groups in total. The molecule has 0 heterocycles. The molecule has 2 atom stereocenters. The third kappa shape index (κ3) is 2.27. The van der Waals surface area contributed by atoms with Crippen LogP contribution >= 0.6 is 0 Å². The summed E-state index contributed by atoms with van der Waals surface area (Å²) in [5.74, 6) is 0.590. The van der Waals surface area contributed by atoms with Gasteiger partial charge in [0.25, 0.3) is 0 Å². The SMILES string of the molecule is C=CC1(O)C=CC(C(C)(C)CC)CC1. The highest BCUT2D eigenvalue weighted by molar-refractivity contribution is 5.16. The summed E-state index contributed by atoms with van der Waals surface area (Å²) >= 11 is 0. The first-order chi connectivity index (χ1) is 6.43. The summed E-state index contributed by atoms with van der Waals surface area (Å²) in [5.41, 5.74) is -0.403. The second-order valence-electron chi connectivity index (χ2n) is 5.04. The molecule has 0 saturated heterocycles. The summed E-state index contributed by atoms with van der Waals surface area (Å²) in [5, 5.41) is 9.93. The smallest absolute Gasteiger partial charge is 0.101 e. The zero-order valence-electron chi connectivity index (χ0n) is 9.59. The van der Waals surface area contributed by atoms with Crippen LogP contribution in [-0.4, -0.2) is 10.7 Å². The van der Waals surface area contributed by atoms with E-state index in [1.165, 1.54) is 6.42 Å². The third-order valence-corrected chi connectivity index (χ3v) is 3.74. The van der Waals surface area contributed by atoms with Gasteiger partial charge in [-0.3, -0.25) is 0 Å². The van der Waals surface area contributed by atoms with Crippen molar-refractivity contribution in [3.05, 3.63) is 24.8 Å². The number of hydrogen-bond donors (Lipinski definition) is 1. The fourth-order valence-corrected chi connectivity index (χ4v) is 1.93. The summed E-state index contributed by atoms with van der Waals surface area (Å²) in [6.07, 6.45) is 8.74. The van der Waals surface area contributed by atoms with E-state index in [1.807, 2.05) is 6.08 Å². The quantitative estimate of drug-likeness (QED) is 0.683. The van der Waals surface area contributed by atoms with E-state index in [1.54, 1.807) is 6.08 Å². The second kappa shape index (κ2) is 3.90. The van der Waals surface area contributed by atoms with E-state index < -0.39 is 5.60 Å². The van der Waals surface area contributed by atoms with Crippen molar-refractivity contribution >= 4 is 0 Å². The Hall–Kier alpha value is -0.560. The van der Waals surface area contributed by atoms with Crippen LogP contribution in [0.5, 0.6) is 0 Å². The first kappa shape index (κ1) is 11.5. The van der Waals surface area contributed by atoms with Crippen LogP contribution < -0.4 is 0 Å². The van der Waals surface area contributed by atoms with Crippen LogP contribution in [0.15, 0.2) is 24.8 Å². The molecule has 0 aromatic heterocycles. The van der Waals surface area contributed by atoms with Crippen LogP contribution in [0.3, 0.4) is 0 Å². The minimum atomic E-state index is -0.750. The summed E-state index contributed by atoms with van der Waals surface area (Å²) < 4.78 is 0. The number of allylic oxidation sites excluding steroid dienone is 1. The van der Waals surface area contributed by atoms with Crippen LogP contribution in [0.2, 0.25) is 0 Å². The fraction of sp³-hybridized carbons (Fsp3) is 0.692. The molecule has 0 spiro atoms. The van der Waals surface area contributed by atoms with Crippen molar-refractivity contribution in [2.75, 3.05) is 0 Å². The maximum absolute atomic E-state index is 9.93. The number of aliphatic hydroxyl groups is 1. The Morgan fingerprint density at radius 2 is 2.29 bits per heavy atom. The highest BCUT2D eigenvalue weighted by atomic mass is 16.3. The van der Waals surface area contributed by atoms with Crippen LogP contribution in [-0.2, 0) is 0 Å². The lowest BCUT2D eigenvalue weighted by atomic mass is 9.70. The molecule has 0 aromatic rings. The van der Waals surface area contributed by atoms with Crippen molar-refractivity contribution < 1.29 is 5.11 Å². The molecule has 80 valence electrons. The van der Waals surface area contributed by atoms with Crippen molar-refractivity contribution in [1.82, 2.24) is 0 Å². The summed E-state index contributed by atoms with van der Waals surface area (Å²) in [6, 6.07) is 0. The Labute approximate surface area is 87.5 Å². The molecule has 0 aromatic carbocycles. The lowest BCUT2D eigenvalue weighted by Gasteiger charge is -2.37. The molecule has 1 rings (SSSR count). The van der Waals surface area contributed by atoms with Gasteiger partial charge in [0.1, 0.15) is 5.60 Å². The van der Waals surface area contributed by atoms with Gasteiger partial charge in [-0.25, -0.2) is 0 Å². The van der Waals surface area contributed by atoms with Crippen molar-refractivity contribution in [2.45, 2.75) is 45.6 Å². The molecular weight excluding hydrogens is 172 g/mol. The predicted octanol–water partition coefficient (Wildman–Crippen LogP) is 3.31. The maximum Gasteiger partial charge on any atom is 0.101 e. The maximum atomic E-state index is 9.93. The van der Waals surface area contributed by atoms with E-state index in [0.29, 0.717) is 11.3 Å². The summed E-state index contributed by atoms with van der Waals surface area (Å²) in [7, 11) is 0. The molecule has 0 radical (unpaired) electrons. The van der Waals surface area contributed by atoms with Gasteiger partial charge in [-0.2, -0.15) is 0 Å². The molecule has 0 aliphatic heterocycles. The summed E-state index contributed by atoms with van der Waals surface area (Å²) in [4.78, 5) is 0. The molecule has 1 nitrogen and oxygen atoms in total. The van der Waals surface area contributed by atoms with Crippen molar-refractivity contribution in [2.24, 2.45) is 11.3 Å². The molecule has 1 aliphatic carbocycles. The molecule has 2 unspecified atom stereocenters. The van der Waals surface area contributed by atoms with E-state index in [0.717, 1.165) is 12.8 Å². The van der Waals surface area contributed by atoms with Crippen LogP contribution in [0.25, 0.3) is 0 Å².